The number of anilines is 1. The van der Waals surface area contributed by atoms with Gasteiger partial charge in [-0.1, -0.05) is 51.8 Å². The van der Waals surface area contributed by atoms with Crippen LogP contribution in [0.4, 0.5) is 10.1 Å². The third-order valence-corrected chi connectivity index (χ3v) is 6.17. The molecule has 5 nitrogen and oxygen atoms in total. The Balaban J connectivity index is 1.69. The van der Waals surface area contributed by atoms with Gasteiger partial charge in [-0.2, -0.15) is 0 Å². The Labute approximate surface area is 200 Å². The molecule has 8 heteroatoms. The molecule has 0 saturated heterocycles. The first kappa shape index (κ1) is 21.4. The fraction of sp³-hybridized carbons (Fsp3) is 0.0400. The summed E-state index contributed by atoms with van der Waals surface area (Å²) in [6, 6.07) is 17.7. The summed E-state index contributed by atoms with van der Waals surface area (Å²) in [6.07, 6.45) is 0. The van der Waals surface area contributed by atoms with E-state index in [-0.39, 0.29) is 16.9 Å². The number of carbonyl (C=O) groups is 2. The molecule has 1 amide bonds. The number of benzene rings is 3. The highest BCUT2D eigenvalue weighted by atomic mass is 79.9. The molecule has 1 aromatic heterocycles. The standard InChI is InChI=1S/C25H14BrClFNO4/c26-14-8-9-19-13(10-14)11-20(33-19)23(30)21-22(17-6-1-2-7-18(17)28)29(25(32)24(21)31)16-5-3-4-15(27)12-16/h1-12,22,31H. The quantitative estimate of drug-likeness (QED) is 0.298. The van der Waals surface area contributed by atoms with Crippen molar-refractivity contribution in [3.05, 3.63) is 111 Å². The lowest BCUT2D eigenvalue weighted by Crippen LogP contribution is -2.31. The van der Waals surface area contributed by atoms with Gasteiger partial charge in [-0.25, -0.2) is 4.39 Å². The van der Waals surface area contributed by atoms with Crippen LogP contribution in [0.2, 0.25) is 5.02 Å². The van der Waals surface area contributed by atoms with Gasteiger partial charge in [0.2, 0.25) is 5.78 Å². The topological polar surface area (TPSA) is 70.8 Å². The summed E-state index contributed by atoms with van der Waals surface area (Å²) in [4.78, 5) is 27.8. The van der Waals surface area contributed by atoms with E-state index in [2.05, 4.69) is 15.9 Å². The predicted molar refractivity (Wildman–Crippen MR) is 126 cm³/mol. The summed E-state index contributed by atoms with van der Waals surface area (Å²) >= 11 is 9.48. The first-order valence-electron chi connectivity index (χ1n) is 9.85. The Morgan fingerprint density at radius 1 is 1.06 bits per heavy atom. The number of hydrogen-bond acceptors (Lipinski definition) is 4. The van der Waals surface area contributed by atoms with Gasteiger partial charge >= 0.3 is 0 Å². The number of furan rings is 1. The average molecular weight is 527 g/mol. The minimum atomic E-state index is -1.22. The van der Waals surface area contributed by atoms with Crippen molar-refractivity contribution in [2.45, 2.75) is 6.04 Å². The van der Waals surface area contributed by atoms with Crippen LogP contribution in [0, 0.1) is 5.82 Å². The molecule has 0 saturated carbocycles. The van der Waals surface area contributed by atoms with Crippen molar-refractivity contribution in [2.75, 3.05) is 4.90 Å². The number of aliphatic hydroxyl groups is 1. The number of aliphatic hydroxyl groups excluding tert-OH is 1. The predicted octanol–water partition coefficient (Wildman–Crippen LogP) is 6.77. The van der Waals surface area contributed by atoms with Gasteiger partial charge in [-0.3, -0.25) is 14.5 Å². The zero-order chi connectivity index (χ0) is 23.3. The van der Waals surface area contributed by atoms with Gasteiger partial charge in [0.05, 0.1) is 11.6 Å². The van der Waals surface area contributed by atoms with E-state index >= 15 is 0 Å². The maximum Gasteiger partial charge on any atom is 0.294 e. The van der Waals surface area contributed by atoms with E-state index in [0.29, 0.717) is 21.7 Å². The molecule has 1 atom stereocenters. The monoisotopic (exact) mass is 525 g/mol. The molecule has 3 aromatic carbocycles. The van der Waals surface area contributed by atoms with Gasteiger partial charge in [0, 0.05) is 26.1 Å². The summed E-state index contributed by atoms with van der Waals surface area (Å²) in [5.41, 5.74) is 0.545. The molecule has 1 aliphatic heterocycles. The Morgan fingerprint density at radius 3 is 2.61 bits per heavy atom. The summed E-state index contributed by atoms with van der Waals surface area (Å²) in [5, 5.41) is 11.8. The minimum Gasteiger partial charge on any atom is -0.503 e. The number of hydrogen-bond donors (Lipinski definition) is 1. The van der Waals surface area contributed by atoms with Gasteiger partial charge in [0.25, 0.3) is 5.91 Å². The normalized spacial score (nSPS) is 16.2. The number of ketones is 1. The second-order valence-corrected chi connectivity index (χ2v) is 8.82. The Hall–Kier alpha value is -3.42. The fourth-order valence-corrected chi connectivity index (χ4v) is 4.54. The van der Waals surface area contributed by atoms with E-state index in [0.717, 1.165) is 9.37 Å². The van der Waals surface area contributed by atoms with Crippen LogP contribution >= 0.6 is 27.5 Å². The van der Waals surface area contributed by atoms with E-state index in [1.807, 2.05) is 0 Å². The highest BCUT2D eigenvalue weighted by molar-refractivity contribution is 9.10. The van der Waals surface area contributed by atoms with Crippen molar-refractivity contribution < 1.29 is 23.5 Å². The lowest BCUT2D eigenvalue weighted by atomic mass is 9.94. The molecule has 0 spiro atoms. The second-order valence-electron chi connectivity index (χ2n) is 7.46. The van der Waals surface area contributed by atoms with Gasteiger partial charge < -0.3 is 9.52 Å². The van der Waals surface area contributed by atoms with Crippen LogP contribution in [0.3, 0.4) is 0 Å². The van der Waals surface area contributed by atoms with E-state index in [1.54, 1.807) is 42.5 Å². The van der Waals surface area contributed by atoms with Crippen molar-refractivity contribution in [3.8, 4) is 0 Å². The van der Waals surface area contributed by atoms with Crippen LogP contribution in [-0.4, -0.2) is 16.8 Å². The van der Waals surface area contributed by atoms with Gasteiger partial charge in [-0.15, -0.1) is 0 Å². The third-order valence-electron chi connectivity index (χ3n) is 5.44. The molecular weight excluding hydrogens is 513 g/mol. The van der Waals surface area contributed by atoms with Crippen molar-refractivity contribution in [1.82, 2.24) is 0 Å². The van der Waals surface area contributed by atoms with Crippen LogP contribution in [0.1, 0.15) is 22.2 Å². The summed E-state index contributed by atoms with van der Waals surface area (Å²) in [7, 11) is 0. The highest BCUT2D eigenvalue weighted by Gasteiger charge is 2.46. The smallest absolute Gasteiger partial charge is 0.294 e. The van der Waals surface area contributed by atoms with Gasteiger partial charge in [0.1, 0.15) is 11.4 Å². The molecule has 1 N–H and O–H groups in total. The highest BCUT2D eigenvalue weighted by Crippen LogP contribution is 2.43. The van der Waals surface area contributed by atoms with E-state index in [1.165, 1.54) is 30.3 Å². The molecule has 2 heterocycles. The fourth-order valence-electron chi connectivity index (χ4n) is 3.98. The number of carbonyl (C=O) groups excluding carboxylic acids is 2. The minimum absolute atomic E-state index is 0.0529. The molecule has 164 valence electrons. The first-order valence-corrected chi connectivity index (χ1v) is 11.0. The summed E-state index contributed by atoms with van der Waals surface area (Å²) < 4.78 is 21.4. The van der Waals surface area contributed by atoms with E-state index < -0.39 is 29.3 Å². The zero-order valence-electron chi connectivity index (χ0n) is 16.8. The van der Waals surface area contributed by atoms with Crippen molar-refractivity contribution >= 4 is 55.9 Å². The number of fused-ring (bicyclic) bond motifs is 1. The maximum atomic E-state index is 14.9. The van der Waals surface area contributed by atoms with Crippen LogP contribution in [0.15, 0.2) is 93.0 Å². The average Bonchev–Trinajstić information content (AvgIpc) is 3.32. The number of rotatable bonds is 4. The van der Waals surface area contributed by atoms with Gasteiger partial charge in [-0.05, 0) is 48.5 Å². The molecular formula is C25H14BrClFNO4. The molecule has 1 aliphatic rings. The Kier molecular flexibility index (Phi) is 5.31. The molecule has 0 bridgehead atoms. The van der Waals surface area contributed by atoms with E-state index in [9.17, 15) is 19.1 Å². The molecule has 0 radical (unpaired) electrons. The van der Waals surface area contributed by atoms with Crippen LogP contribution in [0.25, 0.3) is 11.0 Å². The second kappa shape index (κ2) is 8.17. The Morgan fingerprint density at radius 2 is 1.85 bits per heavy atom. The molecule has 5 rings (SSSR count). The number of nitrogens with zero attached hydrogens (tertiary/aromatic N) is 1. The van der Waals surface area contributed by atoms with Gasteiger partial charge in [0.15, 0.2) is 11.5 Å². The SMILES string of the molecule is O=C(C1=C(O)C(=O)N(c2cccc(Cl)c2)C1c1ccccc1F)c1cc2cc(Br)ccc2o1. The number of Topliss-reactive ketones (excluding diaryl/α,β-unsaturated/α-hetero) is 1. The Bertz CT molecular complexity index is 1480. The molecule has 4 aromatic rings. The van der Waals surface area contributed by atoms with Crippen LogP contribution in [-0.2, 0) is 4.79 Å². The van der Waals surface area contributed by atoms with Crippen LogP contribution in [0.5, 0.6) is 0 Å². The van der Waals surface area contributed by atoms with Crippen LogP contribution < -0.4 is 4.90 Å². The van der Waals surface area contributed by atoms with Crippen molar-refractivity contribution in [2.24, 2.45) is 0 Å². The molecule has 1 unspecified atom stereocenters. The molecule has 33 heavy (non-hydrogen) atoms. The number of halogens is 3. The lowest BCUT2D eigenvalue weighted by Gasteiger charge is -2.27. The molecule has 0 aliphatic carbocycles. The molecule has 0 fully saturated rings. The van der Waals surface area contributed by atoms with Crippen molar-refractivity contribution in [3.63, 3.8) is 0 Å². The zero-order valence-corrected chi connectivity index (χ0v) is 19.1. The lowest BCUT2D eigenvalue weighted by molar-refractivity contribution is -0.117. The largest absolute Gasteiger partial charge is 0.503 e. The third kappa shape index (κ3) is 3.63. The summed E-state index contributed by atoms with van der Waals surface area (Å²) in [5.74, 6) is -3.03. The maximum absolute atomic E-state index is 14.9. The number of amides is 1. The van der Waals surface area contributed by atoms with Crippen molar-refractivity contribution in [1.29, 1.82) is 0 Å². The first-order chi connectivity index (χ1) is 15.8. The summed E-state index contributed by atoms with van der Waals surface area (Å²) in [6.45, 7) is 0. The van der Waals surface area contributed by atoms with E-state index in [4.69, 9.17) is 16.0 Å².